The highest BCUT2D eigenvalue weighted by atomic mass is 32.2. The van der Waals surface area contributed by atoms with Crippen LogP contribution in [0.25, 0.3) is 0 Å². The molecule has 0 bridgehead atoms. The molecule has 1 aromatic rings. The van der Waals surface area contributed by atoms with Crippen LogP contribution in [0.5, 0.6) is 11.5 Å². The second-order valence-corrected chi connectivity index (χ2v) is 8.06. The van der Waals surface area contributed by atoms with Crippen LogP contribution in [-0.4, -0.2) is 53.3 Å². The van der Waals surface area contributed by atoms with Gasteiger partial charge in [-0.15, -0.1) is 0 Å². The van der Waals surface area contributed by atoms with E-state index in [1.54, 1.807) is 14.2 Å². The summed E-state index contributed by atoms with van der Waals surface area (Å²) in [6, 6.07) is 5.23. The lowest BCUT2D eigenvalue weighted by atomic mass is 10.1. The molecule has 134 valence electrons. The van der Waals surface area contributed by atoms with E-state index in [0.29, 0.717) is 25.9 Å². The Labute approximate surface area is 142 Å². The molecular weight excluding hydrogens is 332 g/mol. The van der Waals surface area contributed by atoms with Crippen LogP contribution >= 0.6 is 0 Å². The summed E-state index contributed by atoms with van der Waals surface area (Å²) in [5.74, 6) is 1.87. The van der Waals surface area contributed by atoms with Gasteiger partial charge in [0.2, 0.25) is 0 Å². The topological polar surface area (TPSA) is 93.7 Å². The van der Waals surface area contributed by atoms with E-state index in [9.17, 15) is 13.2 Å². The molecule has 0 radical (unpaired) electrons. The molecule has 1 atom stereocenters. The van der Waals surface area contributed by atoms with Gasteiger partial charge >= 0.3 is 6.03 Å². The van der Waals surface area contributed by atoms with Crippen molar-refractivity contribution in [1.29, 1.82) is 0 Å². The summed E-state index contributed by atoms with van der Waals surface area (Å²) in [7, 11) is 0.288. The van der Waals surface area contributed by atoms with Crippen molar-refractivity contribution in [2.45, 2.75) is 12.8 Å². The summed E-state index contributed by atoms with van der Waals surface area (Å²) in [6.07, 6.45) is 1.22. The molecule has 0 spiro atoms. The van der Waals surface area contributed by atoms with Crippen LogP contribution in [0.15, 0.2) is 18.2 Å². The number of hydrogen-bond donors (Lipinski definition) is 2. The van der Waals surface area contributed by atoms with E-state index >= 15 is 0 Å². The highest BCUT2D eigenvalue weighted by molar-refractivity contribution is 7.91. The Balaban J connectivity index is 1.74. The summed E-state index contributed by atoms with van der Waals surface area (Å²) < 4.78 is 33.2. The summed E-state index contributed by atoms with van der Waals surface area (Å²) in [4.78, 5) is 11.8. The lowest BCUT2D eigenvalue weighted by Crippen LogP contribution is -2.39. The third kappa shape index (κ3) is 5.30. The third-order valence-corrected chi connectivity index (χ3v) is 5.88. The van der Waals surface area contributed by atoms with Crippen LogP contribution in [0.2, 0.25) is 0 Å². The number of ether oxygens (including phenoxy) is 2. The molecule has 1 aliphatic heterocycles. The third-order valence-electron chi connectivity index (χ3n) is 4.05. The van der Waals surface area contributed by atoms with E-state index in [4.69, 9.17) is 9.47 Å². The fourth-order valence-corrected chi connectivity index (χ4v) is 4.58. The Hall–Kier alpha value is -1.96. The zero-order valence-electron chi connectivity index (χ0n) is 14.0. The first-order valence-corrected chi connectivity index (χ1v) is 9.68. The Morgan fingerprint density at radius 2 is 2.04 bits per heavy atom. The second kappa shape index (κ2) is 8.23. The largest absolute Gasteiger partial charge is 0.497 e. The maximum absolute atomic E-state index is 11.8. The van der Waals surface area contributed by atoms with Crippen LogP contribution in [0.4, 0.5) is 4.79 Å². The molecule has 1 heterocycles. The monoisotopic (exact) mass is 356 g/mol. The van der Waals surface area contributed by atoms with Crippen molar-refractivity contribution < 1.29 is 22.7 Å². The van der Waals surface area contributed by atoms with Gasteiger partial charge in [0.05, 0.1) is 25.7 Å². The van der Waals surface area contributed by atoms with Crippen LogP contribution < -0.4 is 20.1 Å². The van der Waals surface area contributed by atoms with Gasteiger partial charge in [-0.2, -0.15) is 0 Å². The predicted molar refractivity (Wildman–Crippen MR) is 91.4 cm³/mol. The highest BCUT2D eigenvalue weighted by Gasteiger charge is 2.27. The molecular formula is C16H24N2O5S. The minimum atomic E-state index is -2.91. The first-order valence-electron chi connectivity index (χ1n) is 7.86. The molecule has 1 saturated heterocycles. The molecule has 1 aliphatic rings. The number of urea groups is 1. The second-order valence-electron chi connectivity index (χ2n) is 5.83. The van der Waals surface area contributed by atoms with Gasteiger partial charge in [0.25, 0.3) is 0 Å². The lowest BCUT2D eigenvalue weighted by molar-refractivity contribution is 0.239. The zero-order valence-corrected chi connectivity index (χ0v) is 14.8. The first-order chi connectivity index (χ1) is 11.4. The Morgan fingerprint density at radius 3 is 2.67 bits per heavy atom. The molecule has 0 saturated carbocycles. The van der Waals surface area contributed by atoms with Crippen molar-refractivity contribution in [3.8, 4) is 11.5 Å². The number of nitrogens with one attached hydrogen (secondary N) is 2. The smallest absolute Gasteiger partial charge is 0.314 e. The molecule has 2 amide bonds. The molecule has 1 fully saturated rings. The zero-order chi connectivity index (χ0) is 17.6. The number of methoxy groups -OCH3 is 2. The van der Waals surface area contributed by atoms with Gasteiger partial charge in [0.1, 0.15) is 11.5 Å². The van der Waals surface area contributed by atoms with Gasteiger partial charge in [0, 0.05) is 13.1 Å². The van der Waals surface area contributed by atoms with Crippen molar-refractivity contribution in [1.82, 2.24) is 10.6 Å². The van der Waals surface area contributed by atoms with Crippen LogP contribution in [-0.2, 0) is 16.3 Å². The Morgan fingerprint density at radius 1 is 1.25 bits per heavy atom. The number of carbonyl (C=O) groups excluding carboxylic acids is 1. The predicted octanol–water partition coefficient (Wildman–Crippen LogP) is 0.980. The van der Waals surface area contributed by atoms with E-state index in [-0.39, 0.29) is 23.5 Å². The van der Waals surface area contributed by atoms with Crippen LogP contribution in [0.3, 0.4) is 0 Å². The summed E-state index contributed by atoms with van der Waals surface area (Å²) in [5, 5.41) is 5.50. The van der Waals surface area contributed by atoms with Crippen molar-refractivity contribution in [2.75, 3.05) is 38.8 Å². The number of rotatable bonds is 7. The SMILES string of the molecule is COc1ccc(OC)c(CCNC(=O)NC[C@@H]2CCS(=O)(=O)C2)c1. The number of carbonyl (C=O) groups is 1. The first kappa shape index (κ1) is 18.4. The van der Waals surface area contributed by atoms with Crippen molar-refractivity contribution in [2.24, 2.45) is 5.92 Å². The summed E-state index contributed by atoms with van der Waals surface area (Å²) in [6.45, 7) is 0.825. The fourth-order valence-electron chi connectivity index (χ4n) is 2.72. The number of hydrogen-bond acceptors (Lipinski definition) is 5. The van der Waals surface area contributed by atoms with Gasteiger partial charge in [0.15, 0.2) is 9.84 Å². The lowest BCUT2D eigenvalue weighted by Gasteiger charge is -2.13. The van der Waals surface area contributed by atoms with E-state index in [2.05, 4.69) is 10.6 Å². The number of sulfone groups is 1. The van der Waals surface area contributed by atoms with Crippen molar-refractivity contribution in [3.63, 3.8) is 0 Å². The van der Waals surface area contributed by atoms with Gasteiger partial charge in [-0.3, -0.25) is 0 Å². The molecule has 2 N–H and O–H groups in total. The molecule has 2 rings (SSSR count). The fraction of sp³-hybridized carbons (Fsp3) is 0.562. The molecule has 0 aromatic heterocycles. The molecule has 1 aromatic carbocycles. The normalized spacial score (nSPS) is 18.8. The molecule has 7 nitrogen and oxygen atoms in total. The quantitative estimate of drug-likeness (QED) is 0.760. The van der Waals surface area contributed by atoms with Gasteiger partial charge in [-0.25, -0.2) is 13.2 Å². The molecule has 0 unspecified atom stereocenters. The summed E-state index contributed by atoms with van der Waals surface area (Å²) in [5.41, 5.74) is 0.944. The van der Waals surface area contributed by atoms with E-state index in [0.717, 1.165) is 17.1 Å². The van der Waals surface area contributed by atoms with Crippen LogP contribution in [0, 0.1) is 5.92 Å². The standard InChI is InChI=1S/C16H24N2O5S/c1-22-14-3-4-15(23-2)13(9-14)5-7-17-16(19)18-10-12-6-8-24(20,21)11-12/h3-4,9,12H,5-8,10-11H2,1-2H3,(H2,17,18,19)/t12-/m0/s1. The molecule has 24 heavy (non-hydrogen) atoms. The molecule has 8 heteroatoms. The van der Waals surface area contributed by atoms with Gasteiger partial charge in [-0.1, -0.05) is 0 Å². The number of amides is 2. The Kier molecular flexibility index (Phi) is 6.30. The maximum atomic E-state index is 11.8. The minimum absolute atomic E-state index is 0.0132. The molecule has 0 aliphatic carbocycles. The average Bonchev–Trinajstić information content (AvgIpc) is 2.92. The van der Waals surface area contributed by atoms with Gasteiger partial charge < -0.3 is 20.1 Å². The average molecular weight is 356 g/mol. The Bertz CT molecular complexity index is 675. The van der Waals surface area contributed by atoms with Gasteiger partial charge in [-0.05, 0) is 42.5 Å². The highest BCUT2D eigenvalue weighted by Crippen LogP contribution is 2.24. The number of benzene rings is 1. The van der Waals surface area contributed by atoms with Crippen molar-refractivity contribution in [3.05, 3.63) is 23.8 Å². The van der Waals surface area contributed by atoms with E-state index in [1.807, 2.05) is 18.2 Å². The van der Waals surface area contributed by atoms with E-state index in [1.165, 1.54) is 0 Å². The summed E-state index contributed by atoms with van der Waals surface area (Å²) >= 11 is 0. The van der Waals surface area contributed by atoms with Crippen LogP contribution in [0.1, 0.15) is 12.0 Å². The van der Waals surface area contributed by atoms with E-state index < -0.39 is 9.84 Å². The maximum Gasteiger partial charge on any atom is 0.314 e. The minimum Gasteiger partial charge on any atom is -0.497 e. The van der Waals surface area contributed by atoms with Crippen molar-refractivity contribution >= 4 is 15.9 Å².